The molecule has 0 aromatic carbocycles. The second kappa shape index (κ2) is 4.17. The van der Waals surface area contributed by atoms with Crippen LogP contribution in [0.4, 0.5) is 0 Å². The molecule has 1 fully saturated rings. The first-order chi connectivity index (χ1) is 6.42. The molecule has 14 heavy (non-hydrogen) atoms. The highest BCUT2D eigenvalue weighted by Gasteiger charge is 2.44. The number of rotatable bonds is 3. The second-order valence-corrected chi connectivity index (χ2v) is 5.28. The third kappa shape index (κ3) is 2.10. The van der Waals surface area contributed by atoms with E-state index in [2.05, 4.69) is 5.32 Å². The number of hydrogen-bond acceptors (Lipinski definition) is 3. The maximum atomic E-state index is 10.5. The van der Waals surface area contributed by atoms with Crippen molar-refractivity contribution in [2.75, 3.05) is 19.6 Å². The molecule has 1 saturated heterocycles. The molecule has 1 heterocycles. The predicted octanol–water partition coefficient (Wildman–Crippen LogP) is 0.722. The zero-order valence-electron chi connectivity index (χ0n) is 9.64. The zero-order chi connectivity index (χ0) is 10.8. The van der Waals surface area contributed by atoms with Gasteiger partial charge in [0.15, 0.2) is 0 Å². The Morgan fingerprint density at radius 3 is 2.50 bits per heavy atom. The third-order valence-corrected chi connectivity index (χ3v) is 3.97. The zero-order valence-corrected chi connectivity index (χ0v) is 9.64. The van der Waals surface area contributed by atoms with E-state index in [0.717, 1.165) is 25.9 Å². The van der Waals surface area contributed by atoms with Crippen LogP contribution in [0, 0.1) is 11.3 Å². The van der Waals surface area contributed by atoms with Crippen molar-refractivity contribution >= 4 is 0 Å². The molecule has 0 amide bonds. The molecular weight excluding hydrogens is 176 g/mol. The average Bonchev–Trinajstić information content (AvgIpc) is 2.19. The molecule has 0 spiro atoms. The van der Waals surface area contributed by atoms with Crippen molar-refractivity contribution in [1.29, 1.82) is 0 Å². The van der Waals surface area contributed by atoms with Gasteiger partial charge in [-0.25, -0.2) is 0 Å². The van der Waals surface area contributed by atoms with E-state index in [-0.39, 0.29) is 5.41 Å². The number of nitrogens with two attached hydrogens (primary N) is 1. The van der Waals surface area contributed by atoms with Gasteiger partial charge in [-0.15, -0.1) is 0 Å². The molecule has 84 valence electrons. The summed E-state index contributed by atoms with van der Waals surface area (Å²) in [5, 5.41) is 13.9. The Kier molecular flexibility index (Phi) is 3.56. The van der Waals surface area contributed by atoms with Gasteiger partial charge in [0.2, 0.25) is 0 Å². The maximum Gasteiger partial charge on any atom is 0.0722 e. The van der Waals surface area contributed by atoms with Gasteiger partial charge >= 0.3 is 0 Å². The minimum atomic E-state index is -0.671. The molecule has 0 bridgehead atoms. The molecule has 3 nitrogen and oxygen atoms in total. The molecule has 0 saturated carbocycles. The van der Waals surface area contributed by atoms with Gasteiger partial charge in [-0.2, -0.15) is 0 Å². The molecule has 0 aromatic heterocycles. The van der Waals surface area contributed by atoms with Gasteiger partial charge in [-0.1, -0.05) is 13.8 Å². The van der Waals surface area contributed by atoms with Crippen molar-refractivity contribution in [1.82, 2.24) is 5.32 Å². The molecule has 1 aliphatic rings. The molecule has 0 radical (unpaired) electrons. The Morgan fingerprint density at radius 2 is 2.07 bits per heavy atom. The Morgan fingerprint density at radius 1 is 1.43 bits per heavy atom. The van der Waals surface area contributed by atoms with Crippen LogP contribution in [-0.2, 0) is 0 Å². The SMILES string of the molecule is CC(C)(CN)C(C)(O)C1CCCNC1. The van der Waals surface area contributed by atoms with Crippen LogP contribution in [0.15, 0.2) is 0 Å². The second-order valence-electron chi connectivity index (χ2n) is 5.28. The largest absolute Gasteiger partial charge is 0.389 e. The van der Waals surface area contributed by atoms with Gasteiger partial charge < -0.3 is 16.2 Å². The summed E-state index contributed by atoms with van der Waals surface area (Å²) < 4.78 is 0. The maximum absolute atomic E-state index is 10.5. The van der Waals surface area contributed by atoms with Crippen molar-refractivity contribution in [3.63, 3.8) is 0 Å². The molecule has 0 aliphatic carbocycles. The summed E-state index contributed by atoms with van der Waals surface area (Å²) in [6, 6.07) is 0. The van der Waals surface area contributed by atoms with E-state index in [4.69, 9.17) is 5.73 Å². The first kappa shape index (κ1) is 12.0. The lowest BCUT2D eigenvalue weighted by atomic mass is 9.67. The molecule has 1 aliphatic heterocycles. The fourth-order valence-electron chi connectivity index (χ4n) is 2.09. The lowest BCUT2D eigenvalue weighted by Crippen LogP contribution is -2.55. The van der Waals surface area contributed by atoms with E-state index in [1.54, 1.807) is 0 Å². The normalized spacial score (nSPS) is 28.5. The van der Waals surface area contributed by atoms with Crippen LogP contribution in [0.25, 0.3) is 0 Å². The van der Waals surface area contributed by atoms with Crippen molar-refractivity contribution in [3.8, 4) is 0 Å². The summed E-state index contributed by atoms with van der Waals surface area (Å²) in [7, 11) is 0. The molecule has 2 unspecified atom stereocenters. The topological polar surface area (TPSA) is 58.3 Å². The minimum absolute atomic E-state index is 0.212. The summed E-state index contributed by atoms with van der Waals surface area (Å²) in [5.74, 6) is 0.329. The van der Waals surface area contributed by atoms with Crippen LogP contribution in [0.5, 0.6) is 0 Å². The summed E-state index contributed by atoms with van der Waals surface area (Å²) in [6.07, 6.45) is 2.25. The predicted molar refractivity (Wildman–Crippen MR) is 59.1 cm³/mol. The highest BCUT2D eigenvalue weighted by molar-refractivity contribution is 4.97. The Balaban J connectivity index is 2.71. The minimum Gasteiger partial charge on any atom is -0.389 e. The summed E-state index contributed by atoms with van der Waals surface area (Å²) in [5.41, 5.74) is 4.84. The monoisotopic (exact) mass is 200 g/mol. The smallest absolute Gasteiger partial charge is 0.0722 e. The van der Waals surface area contributed by atoms with E-state index >= 15 is 0 Å². The lowest BCUT2D eigenvalue weighted by Gasteiger charge is -2.46. The first-order valence-electron chi connectivity index (χ1n) is 5.55. The van der Waals surface area contributed by atoms with Gasteiger partial charge in [0, 0.05) is 24.4 Å². The van der Waals surface area contributed by atoms with Crippen LogP contribution in [-0.4, -0.2) is 30.3 Å². The van der Waals surface area contributed by atoms with Gasteiger partial charge in [0.05, 0.1) is 5.60 Å². The molecule has 1 rings (SSSR count). The van der Waals surface area contributed by atoms with E-state index in [1.165, 1.54) is 0 Å². The number of hydrogen-bond donors (Lipinski definition) is 3. The summed E-state index contributed by atoms with van der Waals surface area (Å²) >= 11 is 0. The molecular formula is C11H24N2O. The molecule has 0 aromatic rings. The van der Waals surface area contributed by atoms with Crippen molar-refractivity contribution < 1.29 is 5.11 Å². The van der Waals surface area contributed by atoms with Crippen LogP contribution in [0.2, 0.25) is 0 Å². The first-order valence-corrected chi connectivity index (χ1v) is 5.55. The molecule has 4 N–H and O–H groups in total. The standard InChI is InChI=1S/C11H24N2O/c1-10(2,8-12)11(3,14)9-5-4-6-13-7-9/h9,13-14H,4-8,12H2,1-3H3. The number of nitrogens with one attached hydrogen (secondary N) is 1. The Hall–Kier alpha value is -0.120. The fourth-order valence-corrected chi connectivity index (χ4v) is 2.09. The summed E-state index contributed by atoms with van der Waals surface area (Å²) in [4.78, 5) is 0. The van der Waals surface area contributed by atoms with Crippen molar-refractivity contribution in [2.45, 2.75) is 39.2 Å². The quantitative estimate of drug-likeness (QED) is 0.629. The lowest BCUT2D eigenvalue weighted by molar-refractivity contribution is -0.0986. The van der Waals surface area contributed by atoms with E-state index in [0.29, 0.717) is 12.5 Å². The third-order valence-electron chi connectivity index (χ3n) is 3.97. The Labute approximate surface area is 87.1 Å². The van der Waals surface area contributed by atoms with Crippen molar-refractivity contribution in [2.24, 2.45) is 17.1 Å². The van der Waals surface area contributed by atoms with Gasteiger partial charge in [-0.3, -0.25) is 0 Å². The Bertz CT molecular complexity index is 184. The van der Waals surface area contributed by atoms with Crippen LogP contribution < -0.4 is 11.1 Å². The van der Waals surface area contributed by atoms with Crippen LogP contribution in [0.1, 0.15) is 33.6 Å². The number of piperidine rings is 1. The van der Waals surface area contributed by atoms with Gasteiger partial charge in [0.25, 0.3) is 0 Å². The van der Waals surface area contributed by atoms with E-state index in [9.17, 15) is 5.11 Å². The van der Waals surface area contributed by atoms with Crippen LogP contribution >= 0.6 is 0 Å². The van der Waals surface area contributed by atoms with Crippen molar-refractivity contribution in [3.05, 3.63) is 0 Å². The average molecular weight is 200 g/mol. The van der Waals surface area contributed by atoms with Crippen LogP contribution in [0.3, 0.4) is 0 Å². The number of aliphatic hydroxyl groups is 1. The molecule has 2 atom stereocenters. The highest BCUT2D eigenvalue weighted by Crippen LogP contribution is 2.38. The highest BCUT2D eigenvalue weighted by atomic mass is 16.3. The molecule has 3 heteroatoms. The van der Waals surface area contributed by atoms with Gasteiger partial charge in [-0.05, 0) is 26.3 Å². The summed E-state index contributed by atoms with van der Waals surface area (Å²) in [6.45, 7) is 8.53. The fraction of sp³-hybridized carbons (Fsp3) is 1.00. The van der Waals surface area contributed by atoms with E-state index < -0.39 is 5.60 Å². The van der Waals surface area contributed by atoms with Gasteiger partial charge in [0.1, 0.15) is 0 Å². The van der Waals surface area contributed by atoms with E-state index in [1.807, 2.05) is 20.8 Å².